The van der Waals surface area contributed by atoms with Crippen molar-refractivity contribution in [3.63, 3.8) is 0 Å². The van der Waals surface area contributed by atoms with E-state index in [-0.39, 0.29) is 22.9 Å². The molecule has 3 aromatic rings. The Morgan fingerprint density at radius 1 is 1.03 bits per heavy atom. The Hall–Kier alpha value is -3.73. The van der Waals surface area contributed by atoms with Crippen LogP contribution in [0, 0.1) is 0 Å². The van der Waals surface area contributed by atoms with Crippen LogP contribution in [0.2, 0.25) is 0 Å². The van der Waals surface area contributed by atoms with Crippen molar-refractivity contribution in [2.75, 3.05) is 10.0 Å². The molecule has 1 aromatic heterocycles. The van der Waals surface area contributed by atoms with Crippen LogP contribution in [0.1, 0.15) is 5.56 Å². The topological polar surface area (TPSA) is 109 Å². The van der Waals surface area contributed by atoms with E-state index >= 15 is 0 Å². The minimum atomic E-state index is -3.98. The maximum Gasteiger partial charge on any atom is 0.387 e. The van der Waals surface area contributed by atoms with Crippen LogP contribution < -0.4 is 20.1 Å². The molecule has 2 aromatic carbocycles. The van der Waals surface area contributed by atoms with E-state index in [4.69, 9.17) is 0 Å². The number of pyridine rings is 1. The maximum atomic E-state index is 12.5. The van der Waals surface area contributed by atoms with E-state index in [0.29, 0.717) is 5.69 Å². The number of carbonyl (C=O) groups is 1. The van der Waals surface area contributed by atoms with Gasteiger partial charge in [0, 0.05) is 30.7 Å². The maximum absolute atomic E-state index is 12.5. The van der Waals surface area contributed by atoms with E-state index in [9.17, 15) is 22.0 Å². The van der Waals surface area contributed by atoms with Crippen LogP contribution in [0.25, 0.3) is 0 Å². The van der Waals surface area contributed by atoms with Gasteiger partial charge in [0.25, 0.3) is 10.0 Å². The molecule has 1 heterocycles. The van der Waals surface area contributed by atoms with Crippen LogP contribution in [0.3, 0.4) is 0 Å². The molecule has 0 unspecified atom stereocenters. The van der Waals surface area contributed by atoms with Gasteiger partial charge in [0.1, 0.15) is 5.75 Å². The summed E-state index contributed by atoms with van der Waals surface area (Å²) in [7, 11) is -3.98. The van der Waals surface area contributed by atoms with E-state index in [1.54, 1.807) is 18.5 Å². The fourth-order valence-corrected chi connectivity index (χ4v) is 3.58. The third-order valence-corrected chi connectivity index (χ3v) is 5.31. The molecule has 2 amide bonds. The van der Waals surface area contributed by atoms with E-state index in [1.165, 1.54) is 42.5 Å². The first kappa shape index (κ1) is 22.0. The van der Waals surface area contributed by atoms with Gasteiger partial charge in [0.2, 0.25) is 0 Å². The van der Waals surface area contributed by atoms with Crippen molar-refractivity contribution >= 4 is 27.4 Å². The summed E-state index contributed by atoms with van der Waals surface area (Å²) in [5.41, 5.74) is 1.28. The monoisotopic (exact) mass is 448 g/mol. The zero-order valence-electron chi connectivity index (χ0n) is 16.0. The number of nitrogens with one attached hydrogen (secondary N) is 3. The Kier molecular flexibility index (Phi) is 6.98. The van der Waals surface area contributed by atoms with Gasteiger partial charge in [-0.25, -0.2) is 13.2 Å². The highest BCUT2D eigenvalue weighted by atomic mass is 32.2. The fraction of sp³-hybridized carbons (Fsp3) is 0.100. The highest BCUT2D eigenvalue weighted by Gasteiger charge is 2.15. The number of ether oxygens (including phenoxy) is 1. The van der Waals surface area contributed by atoms with Crippen LogP contribution in [0.15, 0.2) is 78.0 Å². The quantitative estimate of drug-likeness (QED) is 0.486. The summed E-state index contributed by atoms with van der Waals surface area (Å²) in [5.74, 6) is -0.174. The van der Waals surface area contributed by atoms with Gasteiger partial charge in [-0.3, -0.25) is 9.71 Å². The number of aromatic nitrogens is 1. The second-order valence-electron chi connectivity index (χ2n) is 6.21. The Morgan fingerprint density at radius 3 is 2.48 bits per heavy atom. The molecule has 8 nitrogen and oxygen atoms in total. The second kappa shape index (κ2) is 9.85. The molecule has 0 saturated heterocycles. The molecule has 0 spiro atoms. The van der Waals surface area contributed by atoms with Gasteiger partial charge in [0.15, 0.2) is 0 Å². The predicted molar refractivity (Wildman–Crippen MR) is 110 cm³/mol. The van der Waals surface area contributed by atoms with Crippen LogP contribution in [0.4, 0.5) is 25.0 Å². The average Bonchev–Trinajstić information content (AvgIpc) is 2.73. The summed E-state index contributed by atoms with van der Waals surface area (Å²) in [6.45, 7) is -2.74. The minimum Gasteiger partial charge on any atom is -0.435 e. The molecular weight excluding hydrogens is 430 g/mol. The molecule has 0 aliphatic rings. The van der Waals surface area contributed by atoms with E-state index in [0.717, 1.165) is 11.6 Å². The lowest BCUT2D eigenvalue weighted by Gasteiger charge is -2.11. The van der Waals surface area contributed by atoms with Crippen molar-refractivity contribution in [3.8, 4) is 5.75 Å². The molecule has 0 saturated carbocycles. The number of benzene rings is 2. The summed E-state index contributed by atoms with van der Waals surface area (Å²) in [5, 5.41) is 5.25. The van der Waals surface area contributed by atoms with Crippen LogP contribution >= 0.6 is 0 Å². The molecule has 0 bridgehead atoms. The molecule has 0 aliphatic heterocycles. The van der Waals surface area contributed by atoms with E-state index in [1.807, 2.05) is 6.07 Å². The third-order valence-electron chi connectivity index (χ3n) is 3.91. The number of sulfonamides is 1. The number of alkyl halides is 2. The molecular formula is C20H18F2N4O4S. The van der Waals surface area contributed by atoms with Gasteiger partial charge in [-0.2, -0.15) is 8.78 Å². The van der Waals surface area contributed by atoms with Crippen molar-refractivity contribution in [1.82, 2.24) is 10.3 Å². The van der Waals surface area contributed by atoms with Gasteiger partial charge in [0.05, 0.1) is 10.6 Å². The Morgan fingerprint density at radius 2 is 1.81 bits per heavy atom. The van der Waals surface area contributed by atoms with Crippen LogP contribution in [-0.4, -0.2) is 26.0 Å². The normalized spacial score (nSPS) is 11.1. The second-order valence-corrected chi connectivity index (χ2v) is 7.89. The highest BCUT2D eigenvalue weighted by molar-refractivity contribution is 7.92. The fourth-order valence-electron chi connectivity index (χ4n) is 2.53. The molecule has 0 radical (unpaired) electrons. The summed E-state index contributed by atoms with van der Waals surface area (Å²) < 4.78 is 56.2. The lowest BCUT2D eigenvalue weighted by molar-refractivity contribution is -0.0498. The molecule has 0 aliphatic carbocycles. The first-order chi connectivity index (χ1) is 14.8. The van der Waals surface area contributed by atoms with Gasteiger partial charge in [-0.05, 0) is 48.0 Å². The summed E-state index contributed by atoms with van der Waals surface area (Å²) >= 11 is 0. The number of amides is 2. The minimum absolute atomic E-state index is 0.0649. The van der Waals surface area contributed by atoms with Crippen molar-refractivity contribution in [2.24, 2.45) is 0 Å². The zero-order chi connectivity index (χ0) is 22.3. The highest BCUT2D eigenvalue weighted by Crippen LogP contribution is 2.23. The van der Waals surface area contributed by atoms with Crippen LogP contribution in [0.5, 0.6) is 5.75 Å². The molecule has 0 fully saturated rings. The number of anilines is 2. The van der Waals surface area contributed by atoms with E-state index < -0.39 is 22.7 Å². The SMILES string of the molecule is O=C(NCc1cccnc1)Nc1ccc(S(=O)(=O)Nc2cccc(OC(F)F)c2)cc1. The van der Waals surface area contributed by atoms with Gasteiger partial charge < -0.3 is 15.4 Å². The number of rotatable bonds is 8. The van der Waals surface area contributed by atoms with E-state index in [2.05, 4.69) is 25.1 Å². The van der Waals surface area contributed by atoms with Gasteiger partial charge in [-0.15, -0.1) is 0 Å². The number of hydrogen-bond acceptors (Lipinski definition) is 5. The zero-order valence-corrected chi connectivity index (χ0v) is 16.8. The van der Waals surface area contributed by atoms with Crippen molar-refractivity contribution in [3.05, 3.63) is 78.6 Å². The predicted octanol–water partition coefficient (Wildman–Crippen LogP) is 3.81. The molecule has 11 heteroatoms. The molecule has 3 N–H and O–H groups in total. The first-order valence-corrected chi connectivity index (χ1v) is 10.4. The number of carbonyl (C=O) groups excluding carboxylic acids is 1. The lowest BCUT2D eigenvalue weighted by Crippen LogP contribution is -2.28. The molecule has 31 heavy (non-hydrogen) atoms. The van der Waals surface area contributed by atoms with Gasteiger partial charge >= 0.3 is 12.6 Å². The number of halogens is 2. The Balaban J connectivity index is 1.60. The Bertz CT molecular complexity index is 1130. The first-order valence-electron chi connectivity index (χ1n) is 8.93. The standard InChI is InChI=1S/C20H18F2N4O4S/c21-19(22)30-17-5-1-4-16(11-17)26-31(28,29)18-8-6-15(7-9-18)25-20(27)24-13-14-3-2-10-23-12-14/h1-12,19,26H,13H2,(H2,24,25,27). The van der Waals surface area contributed by atoms with Crippen molar-refractivity contribution in [1.29, 1.82) is 0 Å². The molecule has 3 rings (SSSR count). The smallest absolute Gasteiger partial charge is 0.387 e. The molecule has 0 atom stereocenters. The Labute approximate surface area is 177 Å². The summed E-state index contributed by atoms with van der Waals surface area (Å²) in [4.78, 5) is 15.9. The average molecular weight is 448 g/mol. The summed E-state index contributed by atoms with van der Waals surface area (Å²) in [6, 6.07) is 13.8. The van der Waals surface area contributed by atoms with Crippen molar-refractivity contribution < 1.29 is 26.7 Å². The number of nitrogens with zero attached hydrogens (tertiary/aromatic N) is 1. The number of urea groups is 1. The molecule has 162 valence electrons. The van der Waals surface area contributed by atoms with Crippen LogP contribution in [-0.2, 0) is 16.6 Å². The number of hydrogen-bond donors (Lipinski definition) is 3. The largest absolute Gasteiger partial charge is 0.435 e. The van der Waals surface area contributed by atoms with Gasteiger partial charge in [-0.1, -0.05) is 12.1 Å². The third kappa shape index (κ3) is 6.64. The lowest BCUT2D eigenvalue weighted by atomic mass is 10.3. The summed E-state index contributed by atoms with van der Waals surface area (Å²) in [6.07, 6.45) is 3.25. The van der Waals surface area contributed by atoms with Crippen molar-refractivity contribution in [2.45, 2.75) is 18.1 Å².